The van der Waals surface area contributed by atoms with Crippen LogP contribution in [0.4, 0.5) is 4.39 Å². The van der Waals surface area contributed by atoms with Crippen molar-refractivity contribution in [2.24, 2.45) is 0 Å². The Kier molecular flexibility index (Phi) is 5.40. The molecule has 0 bridgehead atoms. The zero-order valence-corrected chi connectivity index (χ0v) is 18.3. The van der Waals surface area contributed by atoms with Gasteiger partial charge in [0.25, 0.3) is 11.8 Å². The van der Waals surface area contributed by atoms with Crippen LogP contribution in [0.2, 0.25) is 5.02 Å². The van der Waals surface area contributed by atoms with E-state index in [1.54, 1.807) is 17.0 Å². The Labute approximate surface area is 191 Å². The number of benzene rings is 2. The number of hydrogen-bond donors (Lipinski definition) is 0. The first-order valence-corrected chi connectivity index (χ1v) is 11.2. The van der Waals surface area contributed by atoms with Gasteiger partial charge in [-0.1, -0.05) is 23.7 Å². The topological polar surface area (TPSA) is 66.7 Å². The minimum absolute atomic E-state index is 0.0659. The predicted octanol–water partition coefficient (Wildman–Crippen LogP) is 4.95. The van der Waals surface area contributed by atoms with Crippen molar-refractivity contribution < 1.29 is 18.4 Å². The highest BCUT2D eigenvalue weighted by molar-refractivity contribution is 7.21. The van der Waals surface area contributed by atoms with Gasteiger partial charge in [0.15, 0.2) is 16.5 Å². The minimum atomic E-state index is -0.615. The molecule has 2 amide bonds. The van der Waals surface area contributed by atoms with Gasteiger partial charge in [-0.3, -0.25) is 9.59 Å². The van der Waals surface area contributed by atoms with Gasteiger partial charge in [0.05, 0.1) is 15.8 Å². The largest absolute Gasteiger partial charge is 0.448 e. The second kappa shape index (κ2) is 8.37. The molecule has 0 aliphatic carbocycles. The molecule has 9 heteroatoms. The second-order valence-electron chi connectivity index (χ2n) is 7.36. The molecule has 1 fully saturated rings. The summed E-state index contributed by atoms with van der Waals surface area (Å²) in [6.45, 7) is 1.23. The summed E-state index contributed by atoms with van der Waals surface area (Å²) in [5, 5.41) is 1.01. The van der Waals surface area contributed by atoms with Crippen LogP contribution < -0.4 is 0 Å². The van der Waals surface area contributed by atoms with Crippen LogP contribution in [0.15, 0.2) is 59.0 Å². The van der Waals surface area contributed by atoms with E-state index >= 15 is 0 Å². The lowest BCUT2D eigenvalue weighted by Gasteiger charge is -2.34. The molecule has 162 valence electrons. The number of halogens is 2. The van der Waals surface area contributed by atoms with E-state index in [-0.39, 0.29) is 17.2 Å². The molecule has 4 aromatic rings. The fraction of sp³-hybridized carbons (Fsp3) is 0.174. The van der Waals surface area contributed by atoms with Crippen LogP contribution in [0.5, 0.6) is 0 Å². The van der Waals surface area contributed by atoms with E-state index in [0.717, 1.165) is 10.2 Å². The smallest absolute Gasteiger partial charge is 0.289 e. The molecule has 3 heterocycles. The Morgan fingerprint density at radius 2 is 1.69 bits per heavy atom. The molecule has 0 radical (unpaired) electrons. The highest BCUT2D eigenvalue weighted by atomic mass is 35.5. The molecule has 1 aliphatic heterocycles. The van der Waals surface area contributed by atoms with Crippen molar-refractivity contribution in [3.8, 4) is 10.8 Å². The van der Waals surface area contributed by atoms with E-state index in [0.29, 0.717) is 42.0 Å². The maximum Gasteiger partial charge on any atom is 0.289 e. The SMILES string of the molecule is O=C(c1ccc(-c2nc3ccccc3s2)o1)N1CCN(C(=O)c2cc(Cl)ccc2F)CC1. The highest BCUT2D eigenvalue weighted by Crippen LogP contribution is 2.31. The van der Waals surface area contributed by atoms with Crippen molar-refractivity contribution >= 4 is 45.0 Å². The lowest BCUT2D eigenvalue weighted by Crippen LogP contribution is -2.50. The van der Waals surface area contributed by atoms with Crippen LogP contribution in [-0.2, 0) is 0 Å². The number of nitrogens with zero attached hydrogens (tertiary/aromatic N) is 3. The normalized spacial score (nSPS) is 14.2. The van der Waals surface area contributed by atoms with Gasteiger partial charge in [-0.2, -0.15) is 0 Å². The Hall–Kier alpha value is -3.23. The molecule has 5 rings (SSSR count). The quantitative estimate of drug-likeness (QED) is 0.426. The number of carbonyl (C=O) groups excluding carboxylic acids is 2. The molecule has 6 nitrogen and oxygen atoms in total. The van der Waals surface area contributed by atoms with Crippen LogP contribution in [0.1, 0.15) is 20.9 Å². The van der Waals surface area contributed by atoms with Crippen molar-refractivity contribution in [1.29, 1.82) is 0 Å². The first-order chi connectivity index (χ1) is 15.5. The Balaban J connectivity index is 1.26. The lowest BCUT2D eigenvalue weighted by molar-refractivity contribution is 0.0516. The first kappa shape index (κ1) is 20.7. The van der Waals surface area contributed by atoms with E-state index in [1.807, 2.05) is 24.3 Å². The van der Waals surface area contributed by atoms with E-state index in [4.69, 9.17) is 16.0 Å². The molecule has 2 aromatic heterocycles. The number of furan rings is 1. The van der Waals surface area contributed by atoms with Crippen LogP contribution in [0.3, 0.4) is 0 Å². The average Bonchev–Trinajstić information content (AvgIpc) is 3.47. The zero-order chi connectivity index (χ0) is 22.2. The molecule has 32 heavy (non-hydrogen) atoms. The molecule has 0 unspecified atom stereocenters. The van der Waals surface area contributed by atoms with Gasteiger partial charge in [-0.25, -0.2) is 9.37 Å². The van der Waals surface area contributed by atoms with Gasteiger partial charge in [0.2, 0.25) is 0 Å². The van der Waals surface area contributed by atoms with E-state index in [9.17, 15) is 14.0 Å². The maximum absolute atomic E-state index is 14.0. The second-order valence-corrected chi connectivity index (χ2v) is 8.83. The van der Waals surface area contributed by atoms with E-state index < -0.39 is 11.7 Å². The number of amides is 2. The number of thiazole rings is 1. The lowest BCUT2D eigenvalue weighted by atomic mass is 10.1. The molecule has 1 aliphatic rings. The van der Waals surface area contributed by atoms with Crippen LogP contribution in [0, 0.1) is 5.82 Å². The van der Waals surface area contributed by atoms with Gasteiger partial charge in [0, 0.05) is 31.2 Å². The third-order valence-corrected chi connectivity index (χ3v) is 6.62. The van der Waals surface area contributed by atoms with Crippen LogP contribution >= 0.6 is 22.9 Å². The number of para-hydroxylation sites is 1. The number of rotatable bonds is 3. The Morgan fingerprint density at radius 1 is 0.969 bits per heavy atom. The van der Waals surface area contributed by atoms with Crippen molar-refractivity contribution in [3.05, 3.63) is 76.8 Å². The van der Waals surface area contributed by atoms with Gasteiger partial charge in [-0.05, 0) is 42.5 Å². The van der Waals surface area contributed by atoms with E-state index in [2.05, 4.69) is 4.98 Å². The summed E-state index contributed by atoms with van der Waals surface area (Å²) < 4.78 is 20.9. The van der Waals surface area contributed by atoms with Crippen molar-refractivity contribution in [3.63, 3.8) is 0 Å². The number of piperazine rings is 1. The van der Waals surface area contributed by atoms with Crippen LogP contribution in [-0.4, -0.2) is 52.8 Å². The van der Waals surface area contributed by atoms with Crippen molar-refractivity contribution in [1.82, 2.24) is 14.8 Å². The molecule has 0 saturated carbocycles. The number of carbonyl (C=O) groups is 2. The standard InChI is InChI=1S/C23H17ClFN3O3S/c24-14-5-6-16(25)15(13-14)22(29)27-9-11-28(12-10-27)23(30)19-8-7-18(31-19)21-26-17-3-1-2-4-20(17)32-21/h1-8,13H,9-12H2. The first-order valence-electron chi connectivity index (χ1n) is 9.99. The fourth-order valence-corrected chi connectivity index (χ4v) is 4.75. The molecular weight excluding hydrogens is 453 g/mol. The summed E-state index contributed by atoms with van der Waals surface area (Å²) >= 11 is 7.40. The number of fused-ring (bicyclic) bond motifs is 1. The Bertz CT molecular complexity index is 1290. The average molecular weight is 470 g/mol. The monoisotopic (exact) mass is 469 g/mol. The fourth-order valence-electron chi connectivity index (χ4n) is 3.65. The molecule has 0 atom stereocenters. The molecule has 0 N–H and O–H groups in total. The maximum atomic E-state index is 14.0. The van der Waals surface area contributed by atoms with Gasteiger partial charge < -0.3 is 14.2 Å². The molecule has 2 aromatic carbocycles. The van der Waals surface area contributed by atoms with Crippen molar-refractivity contribution in [2.75, 3.05) is 26.2 Å². The predicted molar refractivity (Wildman–Crippen MR) is 121 cm³/mol. The summed E-state index contributed by atoms with van der Waals surface area (Å²) in [6.07, 6.45) is 0. The van der Waals surface area contributed by atoms with E-state index in [1.165, 1.54) is 34.4 Å². The number of hydrogen-bond acceptors (Lipinski definition) is 5. The third-order valence-electron chi connectivity index (χ3n) is 5.33. The van der Waals surface area contributed by atoms with Gasteiger partial charge >= 0.3 is 0 Å². The Morgan fingerprint density at radius 3 is 2.44 bits per heavy atom. The van der Waals surface area contributed by atoms with Crippen LogP contribution in [0.25, 0.3) is 21.0 Å². The zero-order valence-electron chi connectivity index (χ0n) is 16.8. The summed E-state index contributed by atoms with van der Waals surface area (Å²) in [5.74, 6) is -0.540. The number of aromatic nitrogens is 1. The summed E-state index contributed by atoms with van der Waals surface area (Å²) in [4.78, 5) is 33.2. The molecule has 1 saturated heterocycles. The third kappa shape index (κ3) is 3.87. The highest BCUT2D eigenvalue weighted by Gasteiger charge is 2.28. The minimum Gasteiger partial charge on any atom is -0.448 e. The molecule has 0 spiro atoms. The van der Waals surface area contributed by atoms with Crippen molar-refractivity contribution in [2.45, 2.75) is 0 Å². The molecular formula is C23H17ClFN3O3S. The van der Waals surface area contributed by atoms with Gasteiger partial charge in [-0.15, -0.1) is 11.3 Å². The van der Waals surface area contributed by atoms with Gasteiger partial charge in [0.1, 0.15) is 5.82 Å². The summed E-state index contributed by atoms with van der Waals surface area (Å²) in [6, 6.07) is 15.1. The summed E-state index contributed by atoms with van der Waals surface area (Å²) in [5.41, 5.74) is 0.817. The summed E-state index contributed by atoms with van der Waals surface area (Å²) in [7, 11) is 0.